The molecule has 4 nitrogen and oxygen atoms in total. The number of methoxy groups -OCH3 is 1. The fraction of sp³-hybridized carbons (Fsp3) is 0.682. The quantitative estimate of drug-likeness (QED) is 0.517. The molecule has 1 atom stereocenters. The lowest BCUT2D eigenvalue weighted by molar-refractivity contribution is -0.144. The van der Waals surface area contributed by atoms with Crippen molar-refractivity contribution in [3.8, 4) is 11.5 Å². The second kappa shape index (κ2) is 7.89. The number of unbranched alkanes of at least 4 members (excludes halogenated alkanes) is 3. The molecule has 0 fully saturated rings. The third-order valence-corrected chi connectivity index (χ3v) is 5.47. The SMILES string of the molecule is CCCCCCC(C)(C)c1cc(O)c2c(c1)OC(C)(C)CC2C(=O)OC. The smallest absolute Gasteiger partial charge is 0.313 e. The lowest BCUT2D eigenvalue weighted by Gasteiger charge is -2.38. The zero-order valence-corrected chi connectivity index (χ0v) is 17.1. The molecule has 1 aromatic carbocycles. The second-order valence-corrected chi connectivity index (χ2v) is 8.74. The summed E-state index contributed by atoms with van der Waals surface area (Å²) in [7, 11) is 1.38. The van der Waals surface area contributed by atoms with Crippen molar-refractivity contribution in [1.82, 2.24) is 0 Å². The molecular weight excluding hydrogens is 328 g/mol. The minimum atomic E-state index is -0.500. The highest BCUT2D eigenvalue weighted by Crippen LogP contribution is 2.48. The third-order valence-electron chi connectivity index (χ3n) is 5.47. The van der Waals surface area contributed by atoms with Gasteiger partial charge >= 0.3 is 5.97 Å². The Morgan fingerprint density at radius 1 is 1.31 bits per heavy atom. The number of hydrogen-bond donors (Lipinski definition) is 1. The van der Waals surface area contributed by atoms with Crippen LogP contribution in [0, 0.1) is 0 Å². The maximum Gasteiger partial charge on any atom is 0.313 e. The first-order valence-corrected chi connectivity index (χ1v) is 9.75. The number of aromatic hydroxyl groups is 1. The van der Waals surface area contributed by atoms with Gasteiger partial charge in [0, 0.05) is 6.42 Å². The van der Waals surface area contributed by atoms with Crippen LogP contribution in [0.3, 0.4) is 0 Å². The molecule has 0 spiro atoms. The van der Waals surface area contributed by atoms with E-state index < -0.39 is 11.5 Å². The minimum Gasteiger partial charge on any atom is -0.507 e. The Kier molecular flexibility index (Phi) is 6.25. The minimum absolute atomic E-state index is 0.0635. The summed E-state index contributed by atoms with van der Waals surface area (Å²) in [5.74, 6) is -0.0942. The van der Waals surface area contributed by atoms with Gasteiger partial charge in [-0.25, -0.2) is 0 Å². The molecule has 2 rings (SSSR count). The summed E-state index contributed by atoms with van der Waals surface area (Å²) in [4.78, 5) is 12.3. The fourth-order valence-electron chi connectivity index (χ4n) is 3.85. The summed E-state index contributed by atoms with van der Waals surface area (Å²) in [5, 5.41) is 10.7. The molecule has 1 aliphatic heterocycles. The van der Waals surface area contributed by atoms with Crippen LogP contribution < -0.4 is 4.74 Å². The van der Waals surface area contributed by atoms with Crippen LogP contribution in [0.5, 0.6) is 11.5 Å². The number of ether oxygens (including phenoxy) is 2. The van der Waals surface area contributed by atoms with Crippen LogP contribution in [-0.2, 0) is 14.9 Å². The highest BCUT2D eigenvalue weighted by molar-refractivity contribution is 5.81. The zero-order valence-electron chi connectivity index (χ0n) is 17.1. The number of hydrogen-bond acceptors (Lipinski definition) is 4. The van der Waals surface area contributed by atoms with Crippen molar-refractivity contribution >= 4 is 5.97 Å². The van der Waals surface area contributed by atoms with Gasteiger partial charge in [0.15, 0.2) is 0 Å². The van der Waals surface area contributed by atoms with Crippen LogP contribution in [0.1, 0.15) is 90.2 Å². The molecule has 1 unspecified atom stereocenters. The molecular formula is C22H34O4. The topological polar surface area (TPSA) is 55.8 Å². The lowest BCUT2D eigenvalue weighted by Crippen LogP contribution is -2.37. The molecule has 0 saturated heterocycles. The van der Waals surface area contributed by atoms with Crippen molar-refractivity contribution in [2.45, 2.75) is 90.1 Å². The van der Waals surface area contributed by atoms with Crippen molar-refractivity contribution < 1.29 is 19.4 Å². The van der Waals surface area contributed by atoms with E-state index in [2.05, 4.69) is 20.8 Å². The van der Waals surface area contributed by atoms with Gasteiger partial charge in [-0.05, 0) is 43.4 Å². The molecule has 0 bridgehead atoms. The first-order chi connectivity index (χ1) is 12.1. The first-order valence-electron chi connectivity index (χ1n) is 9.75. The van der Waals surface area contributed by atoms with Crippen LogP contribution in [-0.4, -0.2) is 23.8 Å². The van der Waals surface area contributed by atoms with Crippen molar-refractivity contribution in [3.63, 3.8) is 0 Å². The van der Waals surface area contributed by atoms with Crippen LogP contribution >= 0.6 is 0 Å². The Morgan fingerprint density at radius 2 is 2.00 bits per heavy atom. The molecule has 0 saturated carbocycles. The van der Waals surface area contributed by atoms with Crippen molar-refractivity contribution in [2.75, 3.05) is 7.11 Å². The van der Waals surface area contributed by atoms with Crippen LogP contribution in [0.2, 0.25) is 0 Å². The second-order valence-electron chi connectivity index (χ2n) is 8.74. The van der Waals surface area contributed by atoms with Crippen molar-refractivity contribution in [1.29, 1.82) is 0 Å². The molecule has 4 heteroatoms. The van der Waals surface area contributed by atoms with E-state index in [9.17, 15) is 9.90 Å². The van der Waals surface area contributed by atoms with Gasteiger partial charge in [0.2, 0.25) is 0 Å². The summed E-state index contributed by atoms with van der Waals surface area (Å²) < 4.78 is 11.1. The highest BCUT2D eigenvalue weighted by Gasteiger charge is 2.41. The molecule has 0 aliphatic carbocycles. The summed E-state index contributed by atoms with van der Waals surface area (Å²) in [6.45, 7) is 10.5. The van der Waals surface area contributed by atoms with E-state index in [0.717, 1.165) is 18.4 Å². The van der Waals surface area contributed by atoms with E-state index in [4.69, 9.17) is 9.47 Å². The van der Waals surface area contributed by atoms with Gasteiger partial charge in [-0.2, -0.15) is 0 Å². The lowest BCUT2D eigenvalue weighted by atomic mass is 9.77. The van der Waals surface area contributed by atoms with Crippen LogP contribution in [0.15, 0.2) is 12.1 Å². The Morgan fingerprint density at radius 3 is 2.62 bits per heavy atom. The van der Waals surface area contributed by atoms with Crippen LogP contribution in [0.4, 0.5) is 0 Å². The van der Waals surface area contributed by atoms with E-state index in [-0.39, 0.29) is 17.1 Å². The molecule has 146 valence electrons. The molecule has 1 aromatic rings. The molecule has 1 N–H and O–H groups in total. The molecule has 0 amide bonds. The zero-order chi connectivity index (χ0) is 19.5. The number of rotatable bonds is 7. The number of carbonyl (C=O) groups is 1. The van der Waals surface area contributed by atoms with E-state index in [1.54, 1.807) is 6.07 Å². The van der Waals surface area contributed by atoms with Crippen LogP contribution in [0.25, 0.3) is 0 Å². The number of benzene rings is 1. The Bertz CT molecular complexity index is 646. The molecule has 0 radical (unpaired) electrons. The molecule has 0 aromatic heterocycles. The largest absolute Gasteiger partial charge is 0.507 e. The normalized spacial score (nSPS) is 18.8. The number of phenolic OH excluding ortho intramolecular Hbond substituents is 1. The van der Waals surface area contributed by atoms with E-state index in [0.29, 0.717) is 17.7 Å². The third kappa shape index (κ3) is 4.52. The molecule has 1 aliphatic rings. The van der Waals surface area contributed by atoms with Gasteiger partial charge in [0.05, 0.1) is 18.6 Å². The average Bonchev–Trinajstić information content (AvgIpc) is 2.56. The summed E-state index contributed by atoms with van der Waals surface area (Å²) in [6.07, 6.45) is 6.40. The maximum absolute atomic E-state index is 12.3. The van der Waals surface area contributed by atoms with E-state index in [1.165, 1.54) is 26.4 Å². The van der Waals surface area contributed by atoms with Gasteiger partial charge < -0.3 is 14.6 Å². The molecule has 1 heterocycles. The van der Waals surface area contributed by atoms with Crippen molar-refractivity contribution in [2.24, 2.45) is 0 Å². The summed E-state index contributed by atoms with van der Waals surface area (Å²) in [6, 6.07) is 3.81. The van der Waals surface area contributed by atoms with Gasteiger partial charge in [0.25, 0.3) is 0 Å². The van der Waals surface area contributed by atoms with E-state index >= 15 is 0 Å². The molecule has 26 heavy (non-hydrogen) atoms. The highest BCUT2D eigenvalue weighted by atomic mass is 16.5. The van der Waals surface area contributed by atoms with Crippen molar-refractivity contribution in [3.05, 3.63) is 23.3 Å². The van der Waals surface area contributed by atoms with E-state index in [1.807, 2.05) is 19.9 Å². The monoisotopic (exact) mass is 362 g/mol. The summed E-state index contributed by atoms with van der Waals surface area (Å²) >= 11 is 0. The van der Waals surface area contributed by atoms with Gasteiger partial charge in [-0.3, -0.25) is 4.79 Å². The Labute approximate surface area is 157 Å². The Balaban J connectivity index is 2.36. The fourth-order valence-corrected chi connectivity index (χ4v) is 3.85. The number of esters is 1. The average molecular weight is 363 g/mol. The van der Waals surface area contributed by atoms with Gasteiger partial charge in [0.1, 0.15) is 17.1 Å². The van der Waals surface area contributed by atoms with Gasteiger partial charge in [-0.1, -0.05) is 46.5 Å². The number of carbonyl (C=O) groups excluding carboxylic acids is 1. The number of phenols is 1. The predicted molar refractivity (Wildman–Crippen MR) is 104 cm³/mol. The summed E-state index contributed by atoms with van der Waals surface area (Å²) in [5.41, 5.74) is 1.06. The standard InChI is InChI=1S/C22H34O4/c1-7-8-9-10-11-21(2,3)15-12-17(23)19-16(20(24)25-6)14-22(4,5)26-18(19)13-15/h12-13,16,23H,7-11,14H2,1-6H3. The maximum atomic E-state index is 12.3. The number of fused-ring (bicyclic) bond motifs is 1. The van der Waals surface area contributed by atoms with Gasteiger partial charge in [-0.15, -0.1) is 0 Å². The predicted octanol–water partition coefficient (Wildman–Crippen LogP) is 5.46. The first kappa shape index (κ1) is 20.6. The Hall–Kier alpha value is -1.71.